The molecule has 4 amide bonds. The number of azide groups is 1. The third kappa shape index (κ3) is 20.4. The second-order valence-corrected chi connectivity index (χ2v) is 18.9. The van der Waals surface area contributed by atoms with E-state index in [1.165, 1.54) is 12.1 Å². The van der Waals surface area contributed by atoms with Crippen LogP contribution in [-0.2, 0) is 27.4 Å². The third-order valence-corrected chi connectivity index (χ3v) is 12.2. The zero-order valence-corrected chi connectivity index (χ0v) is 45.6. The van der Waals surface area contributed by atoms with E-state index in [2.05, 4.69) is 64.6 Å². The smallest absolute Gasteiger partial charge is 0.332 e. The number of carbonyl (C=O) groups excluding carboxylic acids is 5. The molecule has 2 aliphatic heterocycles. The zero-order chi connectivity index (χ0) is 57.0. The number of hydrogen-bond donors (Lipinski definition) is 4. The average Bonchev–Trinajstić information content (AvgIpc) is 3.45. The Hall–Kier alpha value is -8.16. The predicted molar refractivity (Wildman–Crippen MR) is 296 cm³/mol. The van der Waals surface area contributed by atoms with Gasteiger partial charge in [-0.25, -0.2) is 14.8 Å². The van der Waals surface area contributed by atoms with Gasteiger partial charge in [0.2, 0.25) is 0 Å². The molecule has 0 radical (unpaired) electrons. The Morgan fingerprint density at radius 1 is 0.769 bits per heavy atom. The number of likely N-dealkylation sites (N-methyl/N-ethyl adjacent to an activating group) is 2. The maximum Gasteiger partial charge on any atom is 0.332 e. The summed E-state index contributed by atoms with van der Waals surface area (Å²) in [5, 5.41) is 38.5. The van der Waals surface area contributed by atoms with Crippen molar-refractivity contribution in [3.63, 3.8) is 0 Å². The molecule has 4 heterocycles. The molecule has 0 spiro atoms. The summed E-state index contributed by atoms with van der Waals surface area (Å²) in [6, 6.07) is 24.4. The number of benzene rings is 2. The van der Waals surface area contributed by atoms with Gasteiger partial charge in [-0.3, -0.25) is 19.2 Å². The molecule has 416 valence electrons. The number of nitrogens with one attached hydrogen (secondary N) is 4. The quantitative estimate of drug-likeness (QED) is 0.0295. The van der Waals surface area contributed by atoms with Gasteiger partial charge in [0.05, 0.1) is 6.61 Å². The second-order valence-electron chi connectivity index (χ2n) is 18.9. The lowest BCUT2D eigenvalue weighted by molar-refractivity contribution is -0.547. The van der Waals surface area contributed by atoms with Crippen LogP contribution in [0.5, 0.6) is 0 Å². The maximum absolute atomic E-state index is 12.6. The molecule has 78 heavy (non-hydrogen) atoms. The van der Waals surface area contributed by atoms with Crippen LogP contribution < -0.4 is 36.4 Å². The van der Waals surface area contributed by atoms with Crippen molar-refractivity contribution >= 4 is 35.3 Å². The molecule has 7 rings (SSSR count). The van der Waals surface area contributed by atoms with E-state index in [0.717, 1.165) is 47.7 Å². The summed E-state index contributed by atoms with van der Waals surface area (Å²) in [6.45, 7) is 21.9. The molecule has 1 fully saturated rings. The molecule has 2 unspecified atom stereocenters. The number of rotatable bonds is 14. The fraction of sp³-hybridized carbons (Fsp3) is 0.397. The minimum Gasteiger partial charge on any atom is -0.851 e. The fourth-order valence-electron chi connectivity index (χ4n) is 7.92. The summed E-state index contributed by atoms with van der Waals surface area (Å²) in [5.41, 5.74) is 12.7. The van der Waals surface area contributed by atoms with Gasteiger partial charge in [-0.15, -0.1) is 12.2 Å². The number of carbonyl (C=O) groups is 5. The van der Waals surface area contributed by atoms with Crippen molar-refractivity contribution in [1.29, 1.82) is 0 Å². The normalized spacial score (nSPS) is 17.8. The lowest BCUT2D eigenvalue weighted by Crippen LogP contribution is -2.64. The first-order valence-electron chi connectivity index (χ1n) is 25.9. The number of fused-ring (bicyclic) bond motifs is 13. The first kappa shape index (κ1) is 62.4. The van der Waals surface area contributed by atoms with Crippen LogP contribution in [-0.4, -0.2) is 121 Å². The minimum atomic E-state index is -0.804. The van der Waals surface area contributed by atoms with Crippen molar-refractivity contribution in [2.45, 2.75) is 85.3 Å². The first-order chi connectivity index (χ1) is 37.4. The average molecular weight is 1070 g/mol. The molecule has 2 atom stereocenters. The van der Waals surface area contributed by atoms with Crippen molar-refractivity contribution in [2.75, 3.05) is 63.9 Å². The number of allylic oxidation sites excluding steroid dienone is 4. The highest BCUT2D eigenvalue weighted by Gasteiger charge is 2.34. The lowest BCUT2D eigenvalue weighted by atomic mass is 9.67. The topological polar surface area (TPSA) is 279 Å². The Kier molecular flexibility index (Phi) is 25.9. The number of anilines is 1. The van der Waals surface area contributed by atoms with Gasteiger partial charge in [0.15, 0.2) is 0 Å². The lowest BCUT2D eigenvalue weighted by Gasteiger charge is -2.60. The summed E-state index contributed by atoms with van der Waals surface area (Å²) < 4.78 is 10.6. The van der Waals surface area contributed by atoms with Crippen LogP contribution in [0.15, 0.2) is 139 Å². The van der Waals surface area contributed by atoms with Crippen LogP contribution in [0.2, 0.25) is 0 Å². The SMILES string of the molecule is C=C/C(=C\C)N(CC)CCN=[N+]=[N-].CCN(CCOCC(=O)OC(C)(C)C)c1ccc(C2C([O-])C(C)C2[O-])cc1.O=C1NCC=CC=CCNC(=O)c2cccc(n2)C(=O)NCc2ccc(cc2)CNC(=O)c2cccc1n2. The van der Waals surface area contributed by atoms with Crippen LogP contribution in [0.4, 0.5) is 5.69 Å². The maximum atomic E-state index is 12.6. The van der Waals surface area contributed by atoms with E-state index in [1.807, 2.05) is 89.2 Å². The number of nitrogens with zero attached hydrogens (tertiary/aromatic N) is 7. The molecule has 20 nitrogen and oxygen atoms in total. The van der Waals surface area contributed by atoms with E-state index in [-0.39, 0.29) is 67.4 Å². The van der Waals surface area contributed by atoms with Gasteiger partial charge < -0.3 is 50.8 Å². The summed E-state index contributed by atoms with van der Waals surface area (Å²) >= 11 is 0. The molecule has 6 bridgehead atoms. The summed E-state index contributed by atoms with van der Waals surface area (Å²) in [4.78, 5) is 76.9. The largest absolute Gasteiger partial charge is 0.851 e. The molecule has 2 aromatic carbocycles. The zero-order valence-electron chi connectivity index (χ0n) is 45.6. The van der Waals surface area contributed by atoms with E-state index in [4.69, 9.17) is 15.0 Å². The van der Waals surface area contributed by atoms with Gasteiger partial charge in [-0.2, -0.15) is 0 Å². The molecule has 0 saturated heterocycles. The van der Waals surface area contributed by atoms with Crippen LogP contribution in [0.3, 0.4) is 0 Å². The number of aromatic nitrogens is 2. The van der Waals surface area contributed by atoms with Crippen molar-refractivity contribution in [3.05, 3.63) is 184 Å². The van der Waals surface area contributed by atoms with E-state index in [9.17, 15) is 34.2 Å². The van der Waals surface area contributed by atoms with Gasteiger partial charge in [0.1, 0.15) is 35.0 Å². The highest BCUT2D eigenvalue weighted by atomic mass is 16.6. The number of hydrogen-bond acceptors (Lipinski definition) is 14. The summed E-state index contributed by atoms with van der Waals surface area (Å²) in [5.74, 6) is -2.71. The Labute approximate surface area is 457 Å². The van der Waals surface area contributed by atoms with Crippen molar-refractivity contribution in [1.82, 2.24) is 36.1 Å². The fourth-order valence-corrected chi connectivity index (χ4v) is 7.92. The van der Waals surface area contributed by atoms with Crippen molar-refractivity contribution in [2.24, 2.45) is 11.0 Å². The van der Waals surface area contributed by atoms with Crippen LogP contribution in [0, 0.1) is 5.92 Å². The van der Waals surface area contributed by atoms with E-state index < -0.39 is 47.4 Å². The summed E-state index contributed by atoms with van der Waals surface area (Å²) in [6.07, 6.45) is 9.10. The Balaban J connectivity index is 0.000000285. The summed E-state index contributed by atoms with van der Waals surface area (Å²) in [7, 11) is 0. The van der Waals surface area contributed by atoms with Gasteiger partial charge in [-0.05, 0) is 112 Å². The van der Waals surface area contributed by atoms with E-state index in [1.54, 1.807) is 61.6 Å². The molecule has 4 aromatic rings. The second kappa shape index (κ2) is 32.4. The van der Waals surface area contributed by atoms with Crippen molar-refractivity contribution in [3.8, 4) is 0 Å². The Morgan fingerprint density at radius 2 is 1.26 bits per heavy atom. The predicted octanol–water partition coefficient (Wildman–Crippen LogP) is 5.69. The van der Waals surface area contributed by atoms with Crippen LogP contribution in [0.1, 0.15) is 113 Å². The first-order valence-corrected chi connectivity index (χ1v) is 25.9. The highest BCUT2D eigenvalue weighted by Crippen LogP contribution is 2.39. The number of esters is 1. The Morgan fingerprint density at radius 3 is 1.68 bits per heavy atom. The number of ether oxygens (including phenoxy) is 2. The molecule has 4 N–H and O–H groups in total. The highest BCUT2D eigenvalue weighted by molar-refractivity contribution is 5.97. The molecule has 20 heteroatoms. The molecule has 2 aromatic heterocycles. The Bertz CT molecular complexity index is 2640. The molecule has 3 aliphatic rings. The van der Waals surface area contributed by atoms with Gasteiger partial charge in [-0.1, -0.05) is 103 Å². The van der Waals surface area contributed by atoms with Crippen molar-refractivity contribution < 1.29 is 43.7 Å². The monoisotopic (exact) mass is 1070 g/mol. The van der Waals surface area contributed by atoms with E-state index >= 15 is 0 Å². The van der Waals surface area contributed by atoms with Gasteiger partial charge >= 0.3 is 5.97 Å². The van der Waals surface area contributed by atoms with Crippen LogP contribution >= 0.6 is 0 Å². The number of amides is 4. The third-order valence-electron chi connectivity index (χ3n) is 12.2. The van der Waals surface area contributed by atoms with E-state index in [0.29, 0.717) is 19.7 Å². The molecular weight excluding hydrogens is 995 g/mol. The van der Waals surface area contributed by atoms with Crippen LogP contribution in [0.25, 0.3) is 10.4 Å². The number of pyridine rings is 2. The molecular formula is C58H73N11O9-2. The van der Waals surface area contributed by atoms with Gasteiger partial charge in [0, 0.05) is 75.2 Å². The standard InChI is InChI=1S/C28H26N6O4.C21H31NO5.C9H16N4/c35-25-21-7-5-9-23(33-21)27(37)31-17-19-11-13-20(14-12-19)18-32-28(38)24-10-6-8-22(34-24)26(36)30-16-4-2-1-3-15-29-25;1-6-22(11-12-26-13-17(23)27-21(3,4)5)16-9-7-15(8-10-16)18-19(24)14(2)20(18)25;1-4-9(5-2)13(6-3)8-7-11-12-10/h1-14H,15-18H2,(H,29,35)(H,30,36)(H,31,37)(H,32,38);7-10,14,18-20H,6,11-13H2,1-5H3;4-5H,1,6-8H2,2-3H3/q;-2;/b;;9-5+. The minimum absolute atomic E-state index is 0.0661. The molecule has 1 aliphatic carbocycles. The van der Waals surface area contributed by atoms with Gasteiger partial charge in [0.25, 0.3) is 23.6 Å². The molecule has 1 saturated carbocycles.